The number of ether oxygens (including phenoxy) is 2. The highest BCUT2D eigenvalue weighted by Gasteiger charge is 2.25. The molecule has 0 saturated heterocycles. The Morgan fingerprint density at radius 2 is 2.04 bits per heavy atom. The van der Waals surface area contributed by atoms with Crippen LogP contribution in [0.5, 0.6) is 11.5 Å². The largest absolute Gasteiger partial charge is 0.497 e. The molecule has 4 rings (SSSR count). The number of hydrogen-bond acceptors (Lipinski definition) is 6. The maximum Gasteiger partial charge on any atom is 0.277 e. The number of aromatic nitrogens is 1. The molecule has 0 atom stereocenters. The highest BCUT2D eigenvalue weighted by Crippen LogP contribution is 2.38. The number of para-hydroxylation sites is 1. The number of likely N-dealkylation sites (N-methyl/N-ethyl adjacent to an activating group) is 1. The van der Waals surface area contributed by atoms with Crippen molar-refractivity contribution in [1.82, 2.24) is 5.16 Å². The van der Waals surface area contributed by atoms with Crippen molar-refractivity contribution in [2.45, 2.75) is 0 Å². The average molecular weight is 379 g/mol. The third-order valence-electron chi connectivity index (χ3n) is 4.41. The van der Waals surface area contributed by atoms with Crippen molar-refractivity contribution < 1.29 is 23.6 Å². The third-order valence-corrected chi connectivity index (χ3v) is 4.41. The van der Waals surface area contributed by atoms with E-state index in [4.69, 9.17) is 14.0 Å². The second-order valence-electron chi connectivity index (χ2n) is 6.16. The number of carbonyl (C=O) groups excluding carboxylic acids is 2. The molecule has 2 heterocycles. The molecule has 0 unspecified atom stereocenters. The Hall–Kier alpha value is -3.81. The highest BCUT2D eigenvalue weighted by atomic mass is 16.5. The van der Waals surface area contributed by atoms with Crippen molar-refractivity contribution in [3.8, 4) is 22.8 Å². The van der Waals surface area contributed by atoms with E-state index in [1.807, 2.05) is 18.2 Å². The summed E-state index contributed by atoms with van der Waals surface area (Å²) in [6.07, 6.45) is 0. The lowest BCUT2D eigenvalue weighted by Crippen LogP contribution is -2.35. The molecule has 142 valence electrons. The van der Waals surface area contributed by atoms with Gasteiger partial charge < -0.3 is 24.2 Å². The van der Waals surface area contributed by atoms with Crippen LogP contribution >= 0.6 is 0 Å². The Balaban J connectivity index is 1.57. The number of methoxy groups -OCH3 is 1. The first-order chi connectivity index (χ1) is 13.6. The van der Waals surface area contributed by atoms with Crippen LogP contribution in [-0.4, -0.2) is 37.7 Å². The van der Waals surface area contributed by atoms with Gasteiger partial charge in [0.1, 0.15) is 5.75 Å². The van der Waals surface area contributed by atoms with Crippen molar-refractivity contribution in [1.29, 1.82) is 0 Å². The van der Waals surface area contributed by atoms with Crippen molar-refractivity contribution in [2.75, 3.05) is 31.0 Å². The maximum absolute atomic E-state index is 12.6. The molecule has 2 aromatic carbocycles. The third kappa shape index (κ3) is 3.16. The van der Waals surface area contributed by atoms with E-state index in [2.05, 4.69) is 10.5 Å². The molecule has 1 aliphatic rings. The zero-order valence-corrected chi connectivity index (χ0v) is 15.3. The van der Waals surface area contributed by atoms with E-state index in [-0.39, 0.29) is 18.2 Å². The number of rotatable bonds is 4. The topological polar surface area (TPSA) is 93.9 Å². The van der Waals surface area contributed by atoms with Gasteiger partial charge >= 0.3 is 0 Å². The molecule has 0 spiro atoms. The van der Waals surface area contributed by atoms with E-state index in [1.165, 1.54) is 4.90 Å². The summed E-state index contributed by atoms with van der Waals surface area (Å²) < 4.78 is 16.0. The minimum Gasteiger partial charge on any atom is -0.497 e. The molecule has 2 amide bonds. The van der Waals surface area contributed by atoms with Crippen LogP contribution in [0.2, 0.25) is 0 Å². The van der Waals surface area contributed by atoms with Gasteiger partial charge in [0.05, 0.1) is 18.5 Å². The Morgan fingerprint density at radius 3 is 2.86 bits per heavy atom. The normalized spacial score (nSPS) is 12.9. The second kappa shape index (κ2) is 7.07. The van der Waals surface area contributed by atoms with E-state index in [0.717, 1.165) is 5.56 Å². The van der Waals surface area contributed by atoms with Crippen molar-refractivity contribution >= 4 is 23.2 Å². The smallest absolute Gasteiger partial charge is 0.277 e. The Kier molecular flexibility index (Phi) is 4.44. The van der Waals surface area contributed by atoms with Gasteiger partial charge in [0.2, 0.25) is 0 Å². The predicted molar refractivity (Wildman–Crippen MR) is 102 cm³/mol. The lowest BCUT2D eigenvalue weighted by Gasteiger charge is -2.27. The molecule has 0 radical (unpaired) electrons. The monoisotopic (exact) mass is 379 g/mol. The van der Waals surface area contributed by atoms with Gasteiger partial charge in [-0.05, 0) is 24.3 Å². The Morgan fingerprint density at radius 1 is 1.21 bits per heavy atom. The molecule has 1 N–H and O–H groups in total. The Bertz CT molecular complexity index is 1060. The highest BCUT2D eigenvalue weighted by molar-refractivity contribution is 6.06. The Labute approximate surface area is 160 Å². The summed E-state index contributed by atoms with van der Waals surface area (Å²) in [5.74, 6) is 0.951. The molecule has 0 aliphatic carbocycles. The molecule has 8 heteroatoms. The summed E-state index contributed by atoms with van der Waals surface area (Å²) in [6.45, 7) is -0.0830. The summed E-state index contributed by atoms with van der Waals surface area (Å²) in [5.41, 5.74) is 1.90. The van der Waals surface area contributed by atoms with Gasteiger partial charge in [0.15, 0.2) is 23.8 Å². The molecule has 0 bridgehead atoms. The van der Waals surface area contributed by atoms with Crippen LogP contribution in [0.4, 0.5) is 11.4 Å². The zero-order valence-electron chi connectivity index (χ0n) is 15.3. The molecule has 1 aliphatic heterocycles. The number of nitrogens with one attached hydrogen (secondary N) is 1. The number of nitrogens with zero attached hydrogens (tertiary/aromatic N) is 2. The number of benzene rings is 2. The zero-order chi connectivity index (χ0) is 19.7. The number of amides is 2. The van der Waals surface area contributed by atoms with E-state index >= 15 is 0 Å². The molecule has 0 saturated carbocycles. The second-order valence-corrected chi connectivity index (χ2v) is 6.16. The van der Waals surface area contributed by atoms with Gasteiger partial charge in [-0.15, -0.1) is 0 Å². The molecule has 28 heavy (non-hydrogen) atoms. The summed E-state index contributed by atoms with van der Waals surface area (Å²) in [5, 5.41) is 6.61. The summed E-state index contributed by atoms with van der Waals surface area (Å²) >= 11 is 0. The van der Waals surface area contributed by atoms with Crippen molar-refractivity contribution in [3.05, 3.63) is 54.2 Å². The minimum atomic E-state index is -0.450. The van der Waals surface area contributed by atoms with Gasteiger partial charge in [-0.2, -0.15) is 0 Å². The van der Waals surface area contributed by atoms with Crippen LogP contribution in [0.25, 0.3) is 11.3 Å². The molecule has 0 fully saturated rings. The average Bonchev–Trinajstić information content (AvgIpc) is 3.22. The first-order valence-electron chi connectivity index (χ1n) is 8.51. The fourth-order valence-electron chi connectivity index (χ4n) is 2.89. The summed E-state index contributed by atoms with van der Waals surface area (Å²) in [6, 6.07) is 14.0. The molecule has 1 aromatic heterocycles. The minimum absolute atomic E-state index is 0.0830. The van der Waals surface area contributed by atoms with E-state index in [9.17, 15) is 9.59 Å². The van der Waals surface area contributed by atoms with Gasteiger partial charge in [-0.3, -0.25) is 9.59 Å². The van der Waals surface area contributed by atoms with Crippen LogP contribution in [0.1, 0.15) is 10.5 Å². The first-order valence-corrected chi connectivity index (χ1v) is 8.51. The van der Waals surface area contributed by atoms with Gasteiger partial charge in [-0.1, -0.05) is 23.4 Å². The van der Waals surface area contributed by atoms with Crippen molar-refractivity contribution in [2.24, 2.45) is 0 Å². The lowest BCUT2D eigenvalue weighted by molar-refractivity contribution is -0.120. The maximum atomic E-state index is 12.6. The lowest BCUT2D eigenvalue weighted by atomic mass is 10.1. The van der Waals surface area contributed by atoms with E-state index in [0.29, 0.717) is 28.6 Å². The molecular formula is C20H17N3O5. The van der Waals surface area contributed by atoms with E-state index in [1.54, 1.807) is 44.5 Å². The molecule has 3 aromatic rings. The number of anilines is 2. The quantitative estimate of drug-likeness (QED) is 0.749. The van der Waals surface area contributed by atoms with Crippen LogP contribution < -0.4 is 19.7 Å². The van der Waals surface area contributed by atoms with E-state index < -0.39 is 5.91 Å². The number of fused-ring (bicyclic) bond motifs is 1. The molecular weight excluding hydrogens is 362 g/mol. The standard InChI is InChI=1S/C20H17N3O5/c1-23-16-8-4-7-14(19(16)27-11-18(23)24)21-20(25)15-10-17(28-22-15)12-5-3-6-13(9-12)26-2/h3-10H,11H2,1-2H3,(H,21,25). The fraction of sp³-hybridized carbons (Fsp3) is 0.150. The summed E-state index contributed by atoms with van der Waals surface area (Å²) in [4.78, 5) is 25.9. The predicted octanol–water partition coefficient (Wildman–Crippen LogP) is 2.96. The fourth-order valence-corrected chi connectivity index (χ4v) is 2.89. The van der Waals surface area contributed by atoms with Crippen LogP contribution in [-0.2, 0) is 4.79 Å². The van der Waals surface area contributed by atoms with Gasteiger partial charge in [-0.25, -0.2) is 0 Å². The van der Waals surface area contributed by atoms with Gasteiger partial charge in [0.25, 0.3) is 11.8 Å². The van der Waals surface area contributed by atoms with Crippen molar-refractivity contribution in [3.63, 3.8) is 0 Å². The summed E-state index contributed by atoms with van der Waals surface area (Å²) in [7, 11) is 3.24. The van der Waals surface area contributed by atoms with Crippen LogP contribution in [0.15, 0.2) is 53.1 Å². The van der Waals surface area contributed by atoms with Gasteiger partial charge in [0, 0.05) is 18.7 Å². The van der Waals surface area contributed by atoms with Crippen LogP contribution in [0, 0.1) is 0 Å². The first kappa shape index (κ1) is 17.6. The molecule has 8 nitrogen and oxygen atoms in total. The van der Waals surface area contributed by atoms with Crippen LogP contribution in [0.3, 0.4) is 0 Å². The SMILES string of the molecule is COc1cccc(-c2cc(C(=O)Nc3cccc4c3OCC(=O)N4C)no2)c1. The number of hydrogen-bond donors (Lipinski definition) is 1. The number of carbonyl (C=O) groups is 2.